The van der Waals surface area contributed by atoms with E-state index in [1.807, 2.05) is 24.3 Å². The molecule has 0 fully saturated rings. The highest BCUT2D eigenvalue weighted by Crippen LogP contribution is 2.34. The molecule has 0 aliphatic carbocycles. The van der Waals surface area contributed by atoms with Crippen molar-refractivity contribution >= 4 is 22.9 Å². The first kappa shape index (κ1) is 13.6. The fraction of sp³-hybridized carbons (Fsp3) is 0.333. The van der Waals surface area contributed by atoms with Crippen molar-refractivity contribution in [3.63, 3.8) is 0 Å². The Morgan fingerprint density at radius 3 is 2.44 bits per heavy atom. The fourth-order valence-corrected chi connectivity index (χ4v) is 3.08. The zero-order valence-corrected chi connectivity index (χ0v) is 12.5. The van der Waals surface area contributed by atoms with Crippen LogP contribution in [-0.4, -0.2) is 0 Å². The summed E-state index contributed by atoms with van der Waals surface area (Å²) in [6, 6.07) is 12.0. The summed E-state index contributed by atoms with van der Waals surface area (Å²) in [6.07, 6.45) is 0. The molecule has 0 radical (unpaired) electrons. The van der Waals surface area contributed by atoms with Crippen molar-refractivity contribution in [2.24, 2.45) is 5.73 Å². The Hall–Kier alpha value is -0.830. The van der Waals surface area contributed by atoms with Gasteiger partial charge in [0.15, 0.2) is 0 Å². The quantitative estimate of drug-likeness (QED) is 0.844. The lowest BCUT2D eigenvalue weighted by atomic mass is 9.95. The lowest BCUT2D eigenvalue weighted by molar-refractivity contribution is 0.604. The maximum absolute atomic E-state index is 6.29. The molecule has 96 valence electrons. The van der Waals surface area contributed by atoms with Gasteiger partial charge in [-0.15, -0.1) is 11.3 Å². The van der Waals surface area contributed by atoms with E-state index in [2.05, 4.69) is 32.9 Å². The van der Waals surface area contributed by atoms with Gasteiger partial charge >= 0.3 is 0 Å². The Labute approximate surface area is 118 Å². The molecule has 0 spiro atoms. The van der Waals surface area contributed by atoms with E-state index in [4.69, 9.17) is 17.3 Å². The topological polar surface area (TPSA) is 26.0 Å². The van der Waals surface area contributed by atoms with Gasteiger partial charge in [-0.05, 0) is 35.2 Å². The predicted molar refractivity (Wildman–Crippen MR) is 80.5 cm³/mol. The smallest absolute Gasteiger partial charge is 0.0646 e. The van der Waals surface area contributed by atoms with Crippen molar-refractivity contribution in [2.45, 2.75) is 32.2 Å². The van der Waals surface area contributed by atoms with Crippen LogP contribution in [0, 0.1) is 0 Å². The first-order valence-electron chi connectivity index (χ1n) is 5.99. The first-order chi connectivity index (χ1) is 8.38. The summed E-state index contributed by atoms with van der Waals surface area (Å²) in [4.78, 5) is 2.54. The molecule has 2 rings (SSSR count). The number of nitrogens with two attached hydrogens (primary N) is 1. The lowest BCUT2D eigenvalue weighted by Crippen LogP contribution is -2.10. The van der Waals surface area contributed by atoms with E-state index in [0.29, 0.717) is 0 Å². The molecule has 2 aromatic rings. The molecular formula is C15H18ClNS. The van der Waals surface area contributed by atoms with Crippen molar-refractivity contribution in [1.82, 2.24) is 0 Å². The second-order valence-electron chi connectivity index (χ2n) is 5.48. The summed E-state index contributed by atoms with van der Waals surface area (Å²) < 4.78 is 0. The summed E-state index contributed by atoms with van der Waals surface area (Å²) in [5.41, 5.74) is 7.53. The normalized spacial score (nSPS) is 13.6. The monoisotopic (exact) mass is 279 g/mol. The van der Waals surface area contributed by atoms with Crippen LogP contribution in [0.5, 0.6) is 0 Å². The van der Waals surface area contributed by atoms with Crippen LogP contribution in [0.4, 0.5) is 0 Å². The third-order valence-corrected chi connectivity index (χ3v) is 4.71. The molecule has 1 atom stereocenters. The molecule has 1 nitrogen and oxygen atoms in total. The Morgan fingerprint density at radius 1 is 1.17 bits per heavy atom. The number of thiophene rings is 1. The molecule has 1 heterocycles. The summed E-state index contributed by atoms with van der Waals surface area (Å²) in [5, 5.41) is 0.732. The average molecular weight is 280 g/mol. The summed E-state index contributed by atoms with van der Waals surface area (Å²) in [5.74, 6) is 0. The molecule has 1 aromatic carbocycles. The number of hydrogen-bond donors (Lipinski definition) is 1. The van der Waals surface area contributed by atoms with E-state index in [0.717, 1.165) is 10.6 Å². The van der Waals surface area contributed by atoms with Gasteiger partial charge in [0.2, 0.25) is 0 Å². The van der Waals surface area contributed by atoms with Crippen LogP contribution in [0.3, 0.4) is 0 Å². The molecule has 1 aromatic heterocycles. The van der Waals surface area contributed by atoms with E-state index < -0.39 is 0 Å². The molecule has 0 saturated carbocycles. The van der Waals surface area contributed by atoms with Crippen LogP contribution in [-0.2, 0) is 5.41 Å². The van der Waals surface area contributed by atoms with Gasteiger partial charge in [-0.3, -0.25) is 0 Å². The van der Waals surface area contributed by atoms with E-state index in [9.17, 15) is 0 Å². The van der Waals surface area contributed by atoms with Gasteiger partial charge in [0.25, 0.3) is 0 Å². The van der Waals surface area contributed by atoms with Gasteiger partial charge in [-0.2, -0.15) is 0 Å². The fourth-order valence-electron chi connectivity index (χ4n) is 1.79. The summed E-state index contributed by atoms with van der Waals surface area (Å²) in [6.45, 7) is 6.65. The first-order valence-corrected chi connectivity index (χ1v) is 7.18. The van der Waals surface area contributed by atoms with Crippen LogP contribution in [0.2, 0.25) is 5.02 Å². The van der Waals surface area contributed by atoms with Crippen molar-refractivity contribution in [2.75, 3.05) is 0 Å². The minimum Gasteiger partial charge on any atom is -0.320 e. The van der Waals surface area contributed by atoms with Gasteiger partial charge in [-0.25, -0.2) is 0 Å². The molecule has 0 amide bonds. The summed E-state index contributed by atoms with van der Waals surface area (Å²) in [7, 11) is 0. The van der Waals surface area contributed by atoms with Crippen LogP contribution < -0.4 is 5.73 Å². The van der Waals surface area contributed by atoms with Gasteiger partial charge < -0.3 is 5.73 Å². The van der Waals surface area contributed by atoms with Crippen molar-refractivity contribution in [3.8, 4) is 0 Å². The standard InChI is InChI=1S/C15H18ClNS/c1-15(2,3)13-8-7-12(18-13)14(17)10-5-4-6-11(16)9-10/h4-9,14H,17H2,1-3H3. The molecule has 3 heteroatoms. The minimum atomic E-state index is -0.0928. The maximum atomic E-state index is 6.29. The molecule has 0 bridgehead atoms. The number of hydrogen-bond acceptors (Lipinski definition) is 2. The Bertz CT molecular complexity index is 539. The van der Waals surface area contributed by atoms with Crippen LogP contribution in [0.1, 0.15) is 42.1 Å². The van der Waals surface area contributed by atoms with E-state index >= 15 is 0 Å². The average Bonchev–Trinajstić information content (AvgIpc) is 2.77. The zero-order chi connectivity index (χ0) is 13.3. The molecule has 0 aliphatic rings. The molecule has 18 heavy (non-hydrogen) atoms. The third-order valence-electron chi connectivity index (χ3n) is 2.88. The van der Waals surface area contributed by atoms with E-state index in [-0.39, 0.29) is 11.5 Å². The molecule has 0 aliphatic heterocycles. The maximum Gasteiger partial charge on any atom is 0.0646 e. The largest absolute Gasteiger partial charge is 0.320 e. The highest BCUT2D eigenvalue weighted by molar-refractivity contribution is 7.12. The Kier molecular flexibility index (Phi) is 3.81. The van der Waals surface area contributed by atoms with Crippen LogP contribution in [0.25, 0.3) is 0 Å². The Morgan fingerprint density at radius 2 is 1.89 bits per heavy atom. The molecular weight excluding hydrogens is 262 g/mol. The highest BCUT2D eigenvalue weighted by atomic mass is 35.5. The van der Waals surface area contributed by atoms with Gasteiger partial charge in [0.1, 0.15) is 0 Å². The van der Waals surface area contributed by atoms with Gasteiger partial charge in [0, 0.05) is 14.8 Å². The lowest BCUT2D eigenvalue weighted by Gasteiger charge is -2.16. The van der Waals surface area contributed by atoms with E-state index in [1.54, 1.807) is 11.3 Å². The second kappa shape index (κ2) is 5.04. The van der Waals surface area contributed by atoms with Gasteiger partial charge in [0.05, 0.1) is 6.04 Å². The highest BCUT2D eigenvalue weighted by Gasteiger charge is 2.19. The van der Waals surface area contributed by atoms with E-state index in [1.165, 1.54) is 9.75 Å². The van der Waals surface area contributed by atoms with Crippen molar-refractivity contribution in [3.05, 3.63) is 56.7 Å². The number of halogens is 1. The second-order valence-corrected chi connectivity index (χ2v) is 7.04. The minimum absolute atomic E-state index is 0.0928. The third kappa shape index (κ3) is 2.94. The van der Waals surface area contributed by atoms with Gasteiger partial charge in [-0.1, -0.05) is 44.5 Å². The zero-order valence-electron chi connectivity index (χ0n) is 10.9. The number of benzene rings is 1. The van der Waals surface area contributed by atoms with Crippen LogP contribution >= 0.6 is 22.9 Å². The summed E-state index contributed by atoms with van der Waals surface area (Å²) >= 11 is 7.78. The van der Waals surface area contributed by atoms with Crippen molar-refractivity contribution < 1.29 is 0 Å². The Balaban J connectivity index is 2.29. The molecule has 1 unspecified atom stereocenters. The number of rotatable bonds is 2. The molecule has 0 saturated heterocycles. The van der Waals surface area contributed by atoms with Crippen molar-refractivity contribution in [1.29, 1.82) is 0 Å². The molecule has 2 N–H and O–H groups in total. The van der Waals surface area contributed by atoms with Crippen LogP contribution in [0.15, 0.2) is 36.4 Å². The predicted octanol–water partition coefficient (Wildman–Crippen LogP) is 4.75. The SMILES string of the molecule is CC(C)(C)c1ccc(C(N)c2cccc(Cl)c2)s1.